The molecule has 0 saturated heterocycles. The van der Waals surface area contributed by atoms with E-state index < -0.39 is 0 Å². The Morgan fingerprint density at radius 1 is 0.808 bits per heavy atom. The van der Waals surface area contributed by atoms with Crippen molar-refractivity contribution in [1.82, 2.24) is 0 Å². The summed E-state index contributed by atoms with van der Waals surface area (Å²) in [4.78, 5) is 0. The molecular formula is C19H20Br4O3. The van der Waals surface area contributed by atoms with Gasteiger partial charge in [0.1, 0.15) is 18.1 Å². The van der Waals surface area contributed by atoms with E-state index >= 15 is 0 Å². The fraction of sp³-hybridized carbons (Fsp3) is 0.368. The van der Waals surface area contributed by atoms with Crippen molar-refractivity contribution in [3.63, 3.8) is 0 Å². The fourth-order valence-electron chi connectivity index (χ4n) is 2.58. The highest BCUT2D eigenvalue weighted by atomic mass is 79.9. The molecule has 2 aromatic rings. The van der Waals surface area contributed by atoms with E-state index in [1.165, 1.54) is 0 Å². The second kappa shape index (κ2) is 9.41. The van der Waals surface area contributed by atoms with Crippen molar-refractivity contribution in [2.45, 2.75) is 26.2 Å². The highest BCUT2D eigenvalue weighted by Gasteiger charge is 2.27. The Bertz CT molecular complexity index is 744. The van der Waals surface area contributed by atoms with E-state index in [1.54, 1.807) is 0 Å². The van der Waals surface area contributed by atoms with Gasteiger partial charge in [-0.25, -0.2) is 0 Å². The molecule has 0 fully saturated rings. The molecule has 0 aliphatic carbocycles. The Hall–Kier alpha value is -0.0800. The lowest BCUT2D eigenvalue weighted by Gasteiger charge is -2.28. The van der Waals surface area contributed by atoms with Crippen molar-refractivity contribution >= 4 is 63.7 Å². The molecule has 3 nitrogen and oxygen atoms in total. The molecule has 0 atom stereocenters. The molecule has 0 aliphatic rings. The molecule has 0 saturated carbocycles. The summed E-state index contributed by atoms with van der Waals surface area (Å²) in [6.07, 6.45) is 0. The number of hydrogen-bond acceptors (Lipinski definition) is 3. The number of aliphatic hydroxyl groups excluding tert-OH is 1. The first kappa shape index (κ1) is 22.2. The molecule has 2 rings (SSSR count). The van der Waals surface area contributed by atoms with Crippen LogP contribution in [0.5, 0.6) is 11.5 Å². The van der Waals surface area contributed by atoms with Crippen LogP contribution in [0.15, 0.2) is 42.2 Å². The molecule has 0 radical (unpaired) electrons. The zero-order valence-electron chi connectivity index (χ0n) is 14.7. The van der Waals surface area contributed by atoms with Crippen LogP contribution in [0.1, 0.15) is 31.9 Å². The quantitative estimate of drug-likeness (QED) is 0.371. The van der Waals surface area contributed by atoms with Gasteiger partial charge in [-0.05, 0) is 106 Å². The summed E-state index contributed by atoms with van der Waals surface area (Å²) < 4.78 is 14.8. The standard InChI is InChI=1S/C19H20Br4O3/c1-4-25-17-13(20)7-11(8-14(17)21)19(2,3)12-9-15(22)18(16(23)10-12)26-6-5-24/h7-10,24H,4-6H2,1-3H3. The van der Waals surface area contributed by atoms with Crippen molar-refractivity contribution < 1.29 is 14.6 Å². The lowest BCUT2D eigenvalue weighted by molar-refractivity contribution is 0.200. The third-order valence-electron chi connectivity index (χ3n) is 4.07. The van der Waals surface area contributed by atoms with Gasteiger partial charge >= 0.3 is 0 Å². The normalized spacial score (nSPS) is 11.5. The second-order valence-corrected chi connectivity index (χ2v) is 9.59. The molecule has 0 heterocycles. The van der Waals surface area contributed by atoms with Crippen molar-refractivity contribution in [2.24, 2.45) is 0 Å². The molecule has 7 heteroatoms. The molecule has 26 heavy (non-hydrogen) atoms. The Labute approximate surface area is 188 Å². The zero-order valence-corrected chi connectivity index (χ0v) is 21.1. The SMILES string of the molecule is CCOc1c(Br)cc(C(C)(C)c2cc(Br)c(OCCO)c(Br)c2)cc1Br. The number of halogens is 4. The molecule has 0 spiro atoms. The first-order valence-corrected chi connectivity index (χ1v) is 11.2. The molecule has 0 amide bonds. The van der Waals surface area contributed by atoms with Crippen LogP contribution in [-0.4, -0.2) is 24.9 Å². The lowest BCUT2D eigenvalue weighted by atomic mass is 9.78. The van der Waals surface area contributed by atoms with Crippen molar-refractivity contribution in [3.8, 4) is 11.5 Å². The third-order valence-corrected chi connectivity index (χ3v) is 6.42. The van der Waals surface area contributed by atoms with Crippen molar-refractivity contribution in [1.29, 1.82) is 0 Å². The Kier molecular flexibility index (Phi) is 8.04. The molecule has 0 aliphatic heterocycles. The van der Waals surface area contributed by atoms with Crippen LogP contribution in [-0.2, 0) is 5.41 Å². The third kappa shape index (κ3) is 4.85. The van der Waals surface area contributed by atoms with E-state index in [4.69, 9.17) is 14.6 Å². The van der Waals surface area contributed by atoms with E-state index in [1.807, 2.05) is 6.92 Å². The number of aliphatic hydroxyl groups is 1. The number of benzene rings is 2. The lowest BCUT2D eigenvalue weighted by Crippen LogP contribution is -2.19. The van der Waals surface area contributed by atoms with Crippen LogP contribution in [0.3, 0.4) is 0 Å². The molecule has 2 aromatic carbocycles. The molecule has 0 aromatic heterocycles. The van der Waals surface area contributed by atoms with E-state index in [-0.39, 0.29) is 18.6 Å². The zero-order chi connectivity index (χ0) is 19.5. The smallest absolute Gasteiger partial charge is 0.147 e. The Balaban J connectivity index is 2.47. The summed E-state index contributed by atoms with van der Waals surface area (Å²) in [6, 6.07) is 8.28. The molecule has 1 N–H and O–H groups in total. The summed E-state index contributed by atoms with van der Waals surface area (Å²) in [5.41, 5.74) is 2.01. The number of ether oxygens (including phenoxy) is 2. The van der Waals surface area contributed by atoms with Gasteiger partial charge in [0, 0.05) is 5.41 Å². The summed E-state index contributed by atoms with van der Waals surface area (Å²) in [5.74, 6) is 1.50. The summed E-state index contributed by atoms with van der Waals surface area (Å²) in [6.45, 7) is 7.13. The maximum Gasteiger partial charge on any atom is 0.147 e. The van der Waals surface area contributed by atoms with Crippen LogP contribution >= 0.6 is 63.7 Å². The van der Waals surface area contributed by atoms with Crippen LogP contribution in [0.4, 0.5) is 0 Å². The van der Waals surface area contributed by atoms with E-state index in [0.717, 1.165) is 34.8 Å². The van der Waals surface area contributed by atoms with Crippen LogP contribution in [0, 0.1) is 0 Å². The molecular weight excluding hydrogens is 596 g/mol. The minimum Gasteiger partial charge on any atom is -0.492 e. The van der Waals surface area contributed by atoms with Crippen molar-refractivity contribution in [2.75, 3.05) is 19.8 Å². The largest absolute Gasteiger partial charge is 0.492 e. The van der Waals surface area contributed by atoms with Gasteiger partial charge in [0.05, 0.1) is 31.1 Å². The summed E-state index contributed by atoms with van der Waals surface area (Å²) in [7, 11) is 0. The molecule has 0 unspecified atom stereocenters. The monoisotopic (exact) mass is 612 g/mol. The predicted molar refractivity (Wildman–Crippen MR) is 120 cm³/mol. The maximum absolute atomic E-state index is 8.98. The number of rotatable bonds is 7. The van der Waals surface area contributed by atoms with Gasteiger partial charge < -0.3 is 14.6 Å². The average molecular weight is 616 g/mol. The average Bonchev–Trinajstić information content (AvgIpc) is 2.57. The maximum atomic E-state index is 8.98. The van der Waals surface area contributed by atoms with Crippen LogP contribution in [0.2, 0.25) is 0 Å². The summed E-state index contributed by atoms with van der Waals surface area (Å²) >= 11 is 14.4. The molecule has 0 bridgehead atoms. The minimum atomic E-state index is -0.254. The van der Waals surface area contributed by atoms with Gasteiger partial charge in [0.2, 0.25) is 0 Å². The predicted octanol–water partition coefficient (Wildman–Crippen LogP) is 6.83. The number of hydrogen-bond donors (Lipinski definition) is 1. The van der Waals surface area contributed by atoms with E-state index in [0.29, 0.717) is 12.4 Å². The van der Waals surface area contributed by atoms with Crippen LogP contribution < -0.4 is 9.47 Å². The first-order valence-electron chi connectivity index (χ1n) is 8.07. The fourth-order valence-corrected chi connectivity index (χ4v) is 5.41. The Morgan fingerprint density at radius 2 is 1.19 bits per heavy atom. The van der Waals surface area contributed by atoms with Gasteiger partial charge in [-0.1, -0.05) is 13.8 Å². The van der Waals surface area contributed by atoms with Gasteiger partial charge in [-0.3, -0.25) is 0 Å². The first-order chi connectivity index (χ1) is 12.2. The second-order valence-electron chi connectivity index (χ2n) is 6.17. The highest BCUT2D eigenvalue weighted by molar-refractivity contribution is 9.11. The summed E-state index contributed by atoms with van der Waals surface area (Å²) in [5, 5.41) is 8.98. The minimum absolute atomic E-state index is 0.0274. The van der Waals surface area contributed by atoms with Crippen molar-refractivity contribution in [3.05, 3.63) is 53.3 Å². The van der Waals surface area contributed by atoms with Gasteiger partial charge in [-0.2, -0.15) is 0 Å². The van der Waals surface area contributed by atoms with E-state index in [9.17, 15) is 0 Å². The highest BCUT2D eigenvalue weighted by Crippen LogP contribution is 2.43. The van der Waals surface area contributed by atoms with Gasteiger partial charge in [0.25, 0.3) is 0 Å². The van der Waals surface area contributed by atoms with Gasteiger partial charge in [0.15, 0.2) is 0 Å². The Morgan fingerprint density at radius 3 is 1.54 bits per heavy atom. The van der Waals surface area contributed by atoms with Crippen LogP contribution in [0.25, 0.3) is 0 Å². The van der Waals surface area contributed by atoms with Gasteiger partial charge in [-0.15, -0.1) is 0 Å². The topological polar surface area (TPSA) is 38.7 Å². The molecule has 142 valence electrons. The van der Waals surface area contributed by atoms with E-state index in [2.05, 4.69) is 102 Å².